The molecule has 3 aliphatic rings. The molecule has 8 nitrogen and oxygen atoms in total. The summed E-state index contributed by atoms with van der Waals surface area (Å²) >= 11 is 0. The Labute approximate surface area is 187 Å². The van der Waals surface area contributed by atoms with Gasteiger partial charge < -0.3 is 10.2 Å². The van der Waals surface area contributed by atoms with Crippen molar-refractivity contribution in [3.63, 3.8) is 0 Å². The maximum Gasteiger partial charge on any atom is 0.245 e. The molecule has 0 radical (unpaired) electrons. The molecule has 0 aromatic carbocycles. The van der Waals surface area contributed by atoms with Crippen LogP contribution >= 0.6 is 0 Å². The lowest BCUT2D eigenvalue weighted by Gasteiger charge is -2.32. The van der Waals surface area contributed by atoms with Crippen LogP contribution in [0.5, 0.6) is 0 Å². The van der Waals surface area contributed by atoms with Crippen molar-refractivity contribution >= 4 is 28.5 Å². The molecule has 4 atom stereocenters. The number of carbonyl (C=O) groups excluding carboxylic acids is 3. The van der Waals surface area contributed by atoms with Gasteiger partial charge in [-0.05, 0) is 50.5 Å². The zero-order valence-electron chi connectivity index (χ0n) is 18.8. The van der Waals surface area contributed by atoms with E-state index in [9.17, 15) is 14.4 Å². The van der Waals surface area contributed by atoms with Crippen LogP contribution in [0.4, 0.5) is 0 Å². The summed E-state index contributed by atoms with van der Waals surface area (Å²) in [4.78, 5) is 44.4. The van der Waals surface area contributed by atoms with Crippen molar-refractivity contribution in [1.82, 2.24) is 25.0 Å². The molecule has 8 heteroatoms. The lowest BCUT2D eigenvalue weighted by molar-refractivity contribution is -0.140. The highest BCUT2D eigenvalue weighted by molar-refractivity contribution is 6.04. The summed E-state index contributed by atoms with van der Waals surface area (Å²) in [6, 6.07) is 1.62. The molecule has 3 heterocycles. The summed E-state index contributed by atoms with van der Waals surface area (Å²) in [6.07, 6.45) is 11.0. The fourth-order valence-corrected chi connectivity index (χ4v) is 5.73. The van der Waals surface area contributed by atoms with Crippen molar-refractivity contribution < 1.29 is 14.4 Å². The SMILES string of the molecule is CC(=O)c1nn(CC(=O)N2[C@@H]3C[C@@H]3C[C@H]2C(=O)N[C@H](C)C2CCCCC2)c2cnccc12. The van der Waals surface area contributed by atoms with Crippen molar-refractivity contribution in [3.8, 4) is 0 Å². The summed E-state index contributed by atoms with van der Waals surface area (Å²) in [5.41, 5.74) is 1.00. The van der Waals surface area contributed by atoms with Gasteiger partial charge in [0.25, 0.3) is 0 Å². The van der Waals surface area contributed by atoms with E-state index in [1.54, 1.807) is 28.0 Å². The first-order chi connectivity index (χ1) is 15.4. The summed E-state index contributed by atoms with van der Waals surface area (Å²) in [5, 5.41) is 8.31. The number of hydrogen-bond acceptors (Lipinski definition) is 5. The van der Waals surface area contributed by atoms with Crippen molar-refractivity contribution in [2.45, 2.75) is 83.5 Å². The van der Waals surface area contributed by atoms with Gasteiger partial charge in [0.05, 0.1) is 11.7 Å². The number of amides is 2. The average molecular weight is 438 g/mol. The standard InChI is InChI=1S/C24H31N5O3/c1-14(16-6-4-3-5-7-16)26-24(32)20-11-17-10-19(17)29(20)22(31)13-28-21-12-25-9-8-18(21)23(27-28)15(2)30/h8-9,12,14,16-17,19-20H,3-7,10-11,13H2,1-2H3,(H,26,32)/t14-,17-,19-,20+/m1/s1. The van der Waals surface area contributed by atoms with Gasteiger partial charge in [-0.1, -0.05) is 19.3 Å². The van der Waals surface area contributed by atoms with Crippen molar-refractivity contribution in [3.05, 3.63) is 24.2 Å². The number of Topliss-reactive ketones (excluding diaryl/α,β-unsaturated/α-hetero) is 1. The van der Waals surface area contributed by atoms with Gasteiger partial charge in [0, 0.05) is 30.6 Å². The number of ketones is 1. The number of carbonyl (C=O) groups is 3. The normalized spacial score (nSPS) is 26.1. The lowest BCUT2D eigenvalue weighted by Crippen LogP contribution is -2.52. The third-order valence-corrected chi connectivity index (χ3v) is 7.59. The maximum absolute atomic E-state index is 13.4. The molecule has 2 aliphatic carbocycles. The molecule has 2 amide bonds. The van der Waals surface area contributed by atoms with Crippen LogP contribution < -0.4 is 5.32 Å². The van der Waals surface area contributed by atoms with E-state index in [0.29, 0.717) is 28.4 Å². The number of nitrogens with one attached hydrogen (secondary N) is 1. The molecule has 0 bridgehead atoms. The first-order valence-corrected chi connectivity index (χ1v) is 11.9. The molecular formula is C24H31N5O3. The van der Waals surface area contributed by atoms with Crippen LogP contribution in [0.1, 0.15) is 69.3 Å². The van der Waals surface area contributed by atoms with Gasteiger partial charge in [-0.25, -0.2) is 0 Å². The van der Waals surface area contributed by atoms with Crippen LogP contribution in [0.2, 0.25) is 0 Å². The van der Waals surface area contributed by atoms with Crippen molar-refractivity contribution in [2.75, 3.05) is 0 Å². The third-order valence-electron chi connectivity index (χ3n) is 7.59. The van der Waals surface area contributed by atoms with Crippen molar-refractivity contribution in [1.29, 1.82) is 0 Å². The van der Waals surface area contributed by atoms with Gasteiger partial charge in [0.2, 0.25) is 11.8 Å². The van der Waals surface area contributed by atoms with Gasteiger partial charge >= 0.3 is 0 Å². The fourth-order valence-electron chi connectivity index (χ4n) is 5.73. The van der Waals surface area contributed by atoms with E-state index >= 15 is 0 Å². The van der Waals surface area contributed by atoms with Gasteiger partial charge in [-0.2, -0.15) is 5.10 Å². The Morgan fingerprint density at radius 2 is 1.97 bits per heavy atom. The van der Waals surface area contributed by atoms with E-state index in [-0.39, 0.29) is 36.2 Å². The third kappa shape index (κ3) is 3.80. The first-order valence-electron chi connectivity index (χ1n) is 11.9. The predicted molar refractivity (Wildman–Crippen MR) is 119 cm³/mol. The minimum Gasteiger partial charge on any atom is -0.352 e. The second-order valence-electron chi connectivity index (χ2n) is 9.77. The summed E-state index contributed by atoms with van der Waals surface area (Å²) in [5.74, 6) is 0.651. The number of fused-ring (bicyclic) bond motifs is 2. The Hall–Kier alpha value is -2.77. The molecule has 0 spiro atoms. The Morgan fingerprint density at radius 3 is 2.72 bits per heavy atom. The minimum absolute atomic E-state index is 0.000647. The smallest absolute Gasteiger partial charge is 0.245 e. The number of rotatable bonds is 6. The van der Waals surface area contributed by atoms with E-state index in [2.05, 4.69) is 22.3 Å². The van der Waals surface area contributed by atoms with Crippen LogP contribution in [0.15, 0.2) is 18.5 Å². The zero-order valence-corrected chi connectivity index (χ0v) is 18.8. The first kappa shape index (κ1) is 21.1. The number of piperidine rings is 1. The van der Waals surface area contributed by atoms with E-state index in [0.717, 1.165) is 12.8 Å². The molecule has 1 aliphatic heterocycles. The summed E-state index contributed by atoms with van der Waals surface area (Å²) in [7, 11) is 0. The van der Waals surface area contributed by atoms with E-state index in [1.165, 1.54) is 39.0 Å². The second kappa shape index (κ2) is 8.30. The molecule has 2 aromatic rings. The maximum atomic E-state index is 13.4. The molecule has 2 aromatic heterocycles. The van der Waals surface area contributed by atoms with Crippen LogP contribution in [0.25, 0.3) is 10.9 Å². The summed E-state index contributed by atoms with van der Waals surface area (Å²) < 4.78 is 1.55. The van der Waals surface area contributed by atoms with Crippen molar-refractivity contribution in [2.24, 2.45) is 11.8 Å². The largest absolute Gasteiger partial charge is 0.352 e. The van der Waals surface area contributed by atoms with E-state index in [1.807, 2.05) is 0 Å². The molecule has 1 saturated heterocycles. The average Bonchev–Trinajstić information content (AvgIpc) is 3.29. The number of aromatic nitrogens is 3. The van der Waals surface area contributed by atoms with Crippen LogP contribution in [-0.2, 0) is 16.1 Å². The minimum atomic E-state index is -0.412. The molecule has 32 heavy (non-hydrogen) atoms. The highest BCUT2D eigenvalue weighted by atomic mass is 16.2. The molecule has 0 unspecified atom stereocenters. The topological polar surface area (TPSA) is 97.2 Å². The Morgan fingerprint density at radius 1 is 1.19 bits per heavy atom. The molecular weight excluding hydrogens is 406 g/mol. The second-order valence-corrected chi connectivity index (χ2v) is 9.77. The molecule has 2 saturated carbocycles. The monoisotopic (exact) mass is 437 g/mol. The van der Waals surface area contributed by atoms with Gasteiger partial charge in [-0.15, -0.1) is 0 Å². The van der Waals surface area contributed by atoms with Crippen LogP contribution in [0, 0.1) is 11.8 Å². The van der Waals surface area contributed by atoms with Gasteiger partial charge in [0.15, 0.2) is 5.78 Å². The highest BCUT2D eigenvalue weighted by Gasteiger charge is 2.56. The van der Waals surface area contributed by atoms with E-state index in [4.69, 9.17) is 0 Å². The Balaban J connectivity index is 1.31. The molecule has 5 rings (SSSR count). The number of pyridine rings is 1. The quantitative estimate of drug-likeness (QED) is 0.701. The lowest BCUT2D eigenvalue weighted by atomic mass is 9.84. The Kier molecular flexibility index (Phi) is 5.47. The predicted octanol–water partition coefficient (Wildman–Crippen LogP) is 2.71. The number of nitrogens with zero attached hydrogens (tertiary/aromatic N) is 4. The zero-order chi connectivity index (χ0) is 22.4. The van der Waals surface area contributed by atoms with Gasteiger partial charge in [0.1, 0.15) is 18.3 Å². The van der Waals surface area contributed by atoms with Crippen LogP contribution in [0.3, 0.4) is 0 Å². The molecule has 3 fully saturated rings. The Bertz CT molecular complexity index is 1060. The van der Waals surface area contributed by atoms with Crippen LogP contribution in [-0.4, -0.2) is 55.4 Å². The highest BCUT2D eigenvalue weighted by Crippen LogP contribution is 2.48. The number of likely N-dealkylation sites (tertiary alicyclic amines) is 1. The molecule has 170 valence electrons. The summed E-state index contributed by atoms with van der Waals surface area (Å²) in [6.45, 7) is 3.57. The number of hydrogen-bond donors (Lipinski definition) is 1. The molecule has 1 N–H and O–H groups in total. The fraction of sp³-hybridized carbons (Fsp3) is 0.625. The van der Waals surface area contributed by atoms with Gasteiger partial charge in [-0.3, -0.25) is 24.0 Å². The van der Waals surface area contributed by atoms with E-state index < -0.39 is 6.04 Å².